The summed E-state index contributed by atoms with van der Waals surface area (Å²) in [4.78, 5) is 26.4. The van der Waals surface area contributed by atoms with Gasteiger partial charge in [-0.2, -0.15) is 0 Å². The van der Waals surface area contributed by atoms with E-state index in [0.717, 1.165) is 30.6 Å². The zero-order valence-electron chi connectivity index (χ0n) is 17.3. The number of thioether (sulfide) groups is 1. The van der Waals surface area contributed by atoms with Gasteiger partial charge in [-0.3, -0.25) is 9.59 Å². The molecule has 0 N–H and O–H groups in total. The van der Waals surface area contributed by atoms with Crippen molar-refractivity contribution < 1.29 is 14.3 Å². The van der Waals surface area contributed by atoms with Gasteiger partial charge in [0.25, 0.3) is 0 Å². The number of carbonyl (C=O) groups excluding carboxylic acids is 2. The van der Waals surface area contributed by atoms with Gasteiger partial charge in [-0.05, 0) is 38.0 Å². The highest BCUT2D eigenvalue weighted by Crippen LogP contribution is 2.39. The summed E-state index contributed by atoms with van der Waals surface area (Å²) in [6, 6.07) is 14.8. The highest BCUT2D eigenvalue weighted by Gasteiger charge is 2.33. The van der Waals surface area contributed by atoms with Crippen LogP contribution in [0.15, 0.2) is 53.4 Å². The maximum Gasteiger partial charge on any atom is 0.194 e. The predicted octanol–water partition coefficient (Wildman–Crippen LogP) is 6.19. The van der Waals surface area contributed by atoms with E-state index in [1.165, 1.54) is 0 Å². The molecular formula is C24H30O3S. The van der Waals surface area contributed by atoms with Gasteiger partial charge >= 0.3 is 0 Å². The van der Waals surface area contributed by atoms with Crippen molar-refractivity contribution in [3.8, 4) is 5.75 Å². The lowest BCUT2D eigenvalue weighted by atomic mass is 9.79. The van der Waals surface area contributed by atoms with Crippen LogP contribution < -0.4 is 4.74 Å². The molecule has 0 bridgehead atoms. The molecule has 150 valence electrons. The van der Waals surface area contributed by atoms with Crippen LogP contribution >= 0.6 is 11.8 Å². The Kier molecular flexibility index (Phi) is 8.31. The number of hydrogen-bond acceptors (Lipinski definition) is 4. The molecule has 0 heterocycles. The fourth-order valence-electron chi connectivity index (χ4n) is 3.29. The van der Waals surface area contributed by atoms with Crippen LogP contribution in [0.2, 0.25) is 0 Å². The average molecular weight is 399 g/mol. The van der Waals surface area contributed by atoms with E-state index in [-0.39, 0.29) is 17.0 Å². The molecule has 2 aromatic carbocycles. The summed E-state index contributed by atoms with van der Waals surface area (Å²) in [5, 5.41) is 0. The average Bonchev–Trinajstić information content (AvgIpc) is 2.74. The fourth-order valence-corrected chi connectivity index (χ4v) is 4.79. The Morgan fingerprint density at radius 1 is 1.07 bits per heavy atom. The first kappa shape index (κ1) is 22.2. The number of rotatable bonds is 11. The Labute approximate surface area is 172 Å². The van der Waals surface area contributed by atoms with E-state index < -0.39 is 0 Å². The Morgan fingerprint density at radius 3 is 2.36 bits per heavy atom. The molecule has 0 radical (unpaired) electrons. The minimum Gasteiger partial charge on any atom is -0.497 e. The zero-order valence-corrected chi connectivity index (χ0v) is 18.1. The van der Waals surface area contributed by atoms with E-state index in [2.05, 4.69) is 13.8 Å². The van der Waals surface area contributed by atoms with Crippen LogP contribution in [0, 0.1) is 5.41 Å². The molecule has 0 aliphatic rings. The lowest BCUT2D eigenvalue weighted by molar-refractivity contribution is -0.126. The van der Waals surface area contributed by atoms with Crippen molar-refractivity contribution in [2.45, 2.75) is 51.3 Å². The molecule has 1 unspecified atom stereocenters. The molecule has 4 heteroatoms. The van der Waals surface area contributed by atoms with Gasteiger partial charge in [0.15, 0.2) is 5.78 Å². The SMILES string of the molecule is CCCCC(CC)(CSc1cc(OC)ccc1C(=O)c1ccccc1)C(C)=O. The molecule has 3 nitrogen and oxygen atoms in total. The monoisotopic (exact) mass is 398 g/mol. The van der Waals surface area contributed by atoms with Crippen LogP contribution in [-0.4, -0.2) is 24.4 Å². The highest BCUT2D eigenvalue weighted by molar-refractivity contribution is 7.99. The van der Waals surface area contributed by atoms with Gasteiger partial charge in [-0.1, -0.05) is 57.0 Å². The van der Waals surface area contributed by atoms with Gasteiger partial charge in [0.05, 0.1) is 7.11 Å². The first-order valence-electron chi connectivity index (χ1n) is 9.89. The van der Waals surface area contributed by atoms with Crippen LogP contribution in [0.5, 0.6) is 5.75 Å². The molecule has 1 atom stereocenters. The van der Waals surface area contributed by atoms with E-state index >= 15 is 0 Å². The standard InChI is InChI=1S/C24H30O3S/c1-5-7-15-24(6-2,18(3)25)17-28-22-16-20(27-4)13-14-21(22)23(26)19-11-9-8-10-12-19/h8-14,16H,5-7,15,17H2,1-4H3. The Balaban J connectivity index is 2.35. The van der Waals surface area contributed by atoms with Crippen LogP contribution in [0.1, 0.15) is 62.4 Å². The van der Waals surface area contributed by atoms with Crippen molar-refractivity contribution >= 4 is 23.3 Å². The summed E-state index contributed by atoms with van der Waals surface area (Å²) in [6.07, 6.45) is 3.79. The molecule has 2 rings (SSSR count). The second-order valence-electron chi connectivity index (χ2n) is 7.14. The number of carbonyl (C=O) groups is 2. The smallest absolute Gasteiger partial charge is 0.194 e. The molecule has 2 aromatic rings. The van der Waals surface area contributed by atoms with Gasteiger partial charge in [-0.15, -0.1) is 11.8 Å². The van der Waals surface area contributed by atoms with Crippen molar-refractivity contribution in [1.82, 2.24) is 0 Å². The molecule has 0 saturated heterocycles. The van der Waals surface area contributed by atoms with Gasteiger partial charge in [-0.25, -0.2) is 0 Å². The molecule has 0 saturated carbocycles. The van der Waals surface area contributed by atoms with Gasteiger partial charge in [0.1, 0.15) is 11.5 Å². The number of hydrogen-bond donors (Lipinski definition) is 0. The van der Waals surface area contributed by atoms with Crippen molar-refractivity contribution in [3.63, 3.8) is 0 Å². The fraction of sp³-hybridized carbons (Fsp3) is 0.417. The zero-order chi connectivity index (χ0) is 20.6. The summed E-state index contributed by atoms with van der Waals surface area (Å²) in [5.41, 5.74) is 0.964. The van der Waals surface area contributed by atoms with E-state index in [0.29, 0.717) is 22.6 Å². The number of ether oxygens (including phenoxy) is 1. The van der Waals surface area contributed by atoms with Gasteiger partial charge in [0.2, 0.25) is 0 Å². The molecule has 0 aromatic heterocycles. The minimum atomic E-state index is -0.350. The van der Waals surface area contributed by atoms with Crippen molar-refractivity contribution in [2.75, 3.05) is 12.9 Å². The molecule has 0 fully saturated rings. The molecule has 0 amide bonds. The number of Topliss-reactive ketones (excluding diaryl/α,β-unsaturated/α-hetero) is 1. The lowest BCUT2D eigenvalue weighted by Crippen LogP contribution is -2.31. The number of unbranched alkanes of at least 4 members (excludes halogenated alkanes) is 1. The maximum atomic E-state index is 13.0. The summed E-state index contributed by atoms with van der Waals surface area (Å²) < 4.78 is 5.37. The van der Waals surface area contributed by atoms with E-state index in [9.17, 15) is 9.59 Å². The van der Waals surface area contributed by atoms with E-state index in [1.807, 2.05) is 48.5 Å². The third-order valence-electron chi connectivity index (χ3n) is 5.41. The maximum absolute atomic E-state index is 13.0. The first-order chi connectivity index (χ1) is 13.5. The van der Waals surface area contributed by atoms with Crippen LogP contribution in [0.4, 0.5) is 0 Å². The third kappa shape index (κ3) is 5.26. The summed E-state index contributed by atoms with van der Waals surface area (Å²) in [5.74, 6) is 1.60. The van der Waals surface area contributed by atoms with Crippen molar-refractivity contribution in [1.29, 1.82) is 0 Å². The molecule has 0 aliphatic carbocycles. The predicted molar refractivity (Wildman–Crippen MR) is 117 cm³/mol. The van der Waals surface area contributed by atoms with Gasteiger partial charge < -0.3 is 4.74 Å². The molecule has 28 heavy (non-hydrogen) atoms. The molecule has 0 aliphatic heterocycles. The molecule has 0 spiro atoms. The summed E-state index contributed by atoms with van der Waals surface area (Å²) in [7, 11) is 1.62. The Bertz CT molecular complexity index is 801. The van der Waals surface area contributed by atoms with E-state index in [1.54, 1.807) is 25.8 Å². The van der Waals surface area contributed by atoms with Crippen molar-refractivity contribution in [3.05, 3.63) is 59.7 Å². The van der Waals surface area contributed by atoms with Gasteiger partial charge in [0, 0.05) is 27.2 Å². The lowest BCUT2D eigenvalue weighted by Gasteiger charge is -2.30. The number of ketones is 2. The second kappa shape index (κ2) is 10.5. The normalized spacial score (nSPS) is 13.0. The number of benzene rings is 2. The van der Waals surface area contributed by atoms with Crippen LogP contribution in [0.25, 0.3) is 0 Å². The number of methoxy groups -OCH3 is 1. The Morgan fingerprint density at radius 2 is 1.79 bits per heavy atom. The first-order valence-corrected chi connectivity index (χ1v) is 10.9. The minimum absolute atomic E-state index is 0.00997. The topological polar surface area (TPSA) is 43.4 Å². The summed E-state index contributed by atoms with van der Waals surface area (Å²) >= 11 is 1.59. The van der Waals surface area contributed by atoms with E-state index in [4.69, 9.17) is 4.74 Å². The quantitative estimate of drug-likeness (QED) is 0.334. The van der Waals surface area contributed by atoms with Crippen LogP contribution in [0.3, 0.4) is 0 Å². The highest BCUT2D eigenvalue weighted by atomic mass is 32.2. The molecular weight excluding hydrogens is 368 g/mol. The van der Waals surface area contributed by atoms with Crippen molar-refractivity contribution in [2.24, 2.45) is 5.41 Å². The Hall–Kier alpha value is -2.07. The van der Waals surface area contributed by atoms with Crippen LogP contribution in [-0.2, 0) is 4.79 Å². The summed E-state index contributed by atoms with van der Waals surface area (Å²) in [6.45, 7) is 5.92. The largest absolute Gasteiger partial charge is 0.497 e. The second-order valence-corrected chi connectivity index (χ2v) is 8.16. The third-order valence-corrected chi connectivity index (χ3v) is 6.75.